The Balaban J connectivity index is 0.759. The molecule has 0 bridgehead atoms. The summed E-state index contributed by atoms with van der Waals surface area (Å²) in [6, 6.07) is 21.8. The highest BCUT2D eigenvalue weighted by Crippen LogP contribution is 2.45. The fourth-order valence-corrected chi connectivity index (χ4v) is 11.7. The molecular weight excluding hydrogens is 741 g/mol. The van der Waals surface area contributed by atoms with E-state index in [1.165, 1.54) is 72.6 Å². The summed E-state index contributed by atoms with van der Waals surface area (Å²) in [5, 5.41) is 17.2. The third-order valence-corrected chi connectivity index (χ3v) is 14.3. The smallest absolute Gasteiger partial charge is 0.259 e. The van der Waals surface area contributed by atoms with E-state index >= 15 is 0 Å². The van der Waals surface area contributed by atoms with Crippen molar-refractivity contribution in [2.24, 2.45) is 22.7 Å². The van der Waals surface area contributed by atoms with Gasteiger partial charge >= 0.3 is 0 Å². The van der Waals surface area contributed by atoms with E-state index in [0.29, 0.717) is 30.0 Å². The molecule has 2 aromatic heterocycles. The Morgan fingerprint density at radius 1 is 0.633 bits per heavy atom. The molecule has 0 spiro atoms. The third kappa shape index (κ3) is 7.45. The summed E-state index contributed by atoms with van der Waals surface area (Å²) in [6.07, 6.45) is 22.2. The van der Waals surface area contributed by atoms with Crippen LogP contribution in [0.2, 0.25) is 0 Å². The number of hydrogen-bond acceptors (Lipinski definition) is 4. The van der Waals surface area contributed by atoms with Gasteiger partial charge in [-0.25, -0.2) is 0 Å². The van der Waals surface area contributed by atoms with Crippen molar-refractivity contribution in [1.82, 2.24) is 19.6 Å². The van der Waals surface area contributed by atoms with Crippen molar-refractivity contribution in [3.05, 3.63) is 119 Å². The molecule has 4 heterocycles. The Morgan fingerprint density at radius 3 is 1.78 bits per heavy atom. The Bertz CT molecular complexity index is 2610. The zero-order valence-electron chi connectivity index (χ0n) is 36.1. The Hall–Kier alpha value is -5.24. The second kappa shape index (κ2) is 15.0. The van der Waals surface area contributed by atoms with Crippen LogP contribution >= 0.6 is 0 Å². The Kier molecular flexibility index (Phi) is 9.76. The molecular formula is C52H60N6O2. The normalized spacial score (nSPS) is 21.7. The van der Waals surface area contributed by atoms with Gasteiger partial charge in [0.2, 0.25) is 0 Å². The lowest BCUT2D eigenvalue weighted by molar-refractivity contribution is 0.0974. The van der Waals surface area contributed by atoms with Crippen molar-refractivity contribution in [2.75, 3.05) is 16.8 Å². The number of hydrogen-bond donors (Lipinski definition) is 1. The molecule has 2 aliphatic heterocycles. The van der Waals surface area contributed by atoms with Crippen molar-refractivity contribution < 1.29 is 9.59 Å². The molecule has 60 heavy (non-hydrogen) atoms. The van der Waals surface area contributed by atoms with Crippen LogP contribution in [0.3, 0.4) is 0 Å². The van der Waals surface area contributed by atoms with Crippen LogP contribution in [-0.4, -0.2) is 37.9 Å². The maximum atomic E-state index is 14.1. The highest BCUT2D eigenvalue weighted by Gasteiger charge is 2.37. The third-order valence-electron chi connectivity index (χ3n) is 14.3. The molecule has 2 fully saturated rings. The lowest BCUT2D eigenvalue weighted by Gasteiger charge is -2.36. The van der Waals surface area contributed by atoms with E-state index in [0.717, 1.165) is 76.7 Å². The van der Waals surface area contributed by atoms with Gasteiger partial charge < -0.3 is 10.2 Å². The van der Waals surface area contributed by atoms with Crippen molar-refractivity contribution in [3.63, 3.8) is 0 Å². The maximum Gasteiger partial charge on any atom is 0.259 e. The SMILES string of the molecule is CC(C)(C)C[C@H]1CC[C@H](n2cc(Cc3ccc4c5c(cccc35)C(=O)N4CC(C)(C)C[C@H]3CC[C@@H](n4cc(Cc5ccc6c7c(cccc57)C(=O)N6)cn4)CC3)cn2)CC1. The molecule has 0 unspecified atom stereocenters. The minimum absolute atomic E-state index is 0.0177. The largest absolute Gasteiger partial charge is 0.321 e. The molecule has 0 saturated heterocycles. The molecule has 310 valence electrons. The van der Waals surface area contributed by atoms with Gasteiger partial charge in [0, 0.05) is 59.4 Å². The van der Waals surface area contributed by atoms with Gasteiger partial charge in [-0.2, -0.15) is 10.2 Å². The van der Waals surface area contributed by atoms with Gasteiger partial charge in [0.25, 0.3) is 11.8 Å². The number of anilines is 2. The first-order valence-corrected chi connectivity index (χ1v) is 22.6. The monoisotopic (exact) mass is 800 g/mol. The fraction of sp³-hybridized carbons (Fsp3) is 0.462. The van der Waals surface area contributed by atoms with Crippen molar-refractivity contribution in [1.29, 1.82) is 0 Å². The van der Waals surface area contributed by atoms with Gasteiger partial charge in [-0.3, -0.25) is 19.0 Å². The first kappa shape index (κ1) is 38.9. The lowest BCUT2D eigenvalue weighted by atomic mass is 9.75. The molecule has 4 aliphatic rings. The molecule has 0 radical (unpaired) electrons. The van der Waals surface area contributed by atoms with Crippen molar-refractivity contribution >= 4 is 44.7 Å². The van der Waals surface area contributed by atoms with Gasteiger partial charge in [-0.05, 0) is 144 Å². The standard InChI is InChI=1S/C52H60N6O2/c1-51(2,3)26-33-12-18-39(19-13-33)57-31-36(29-54-57)25-38-17-23-46-48-42(38)9-7-11-44(48)50(60)56(46)32-52(4,5)27-34-14-20-40(21-15-34)58-30-35(28-53-58)24-37-16-22-45-47-41(37)8-6-10-43(47)49(59)55-45/h6-11,16-17,22-23,28-31,33-34,39-40H,12-15,18-21,24-27,32H2,1-5H3,(H,55,59)/t33-,34-,39-,40+. The topological polar surface area (TPSA) is 85.0 Å². The molecule has 4 aromatic carbocycles. The zero-order valence-corrected chi connectivity index (χ0v) is 36.1. The average molecular weight is 801 g/mol. The number of amides is 2. The number of rotatable bonds is 11. The summed E-state index contributed by atoms with van der Waals surface area (Å²) >= 11 is 0. The number of benzene rings is 4. The molecule has 0 atom stereocenters. The second-order valence-corrected chi connectivity index (χ2v) is 20.8. The average Bonchev–Trinajstić information content (AvgIpc) is 4.02. The van der Waals surface area contributed by atoms with E-state index in [4.69, 9.17) is 10.2 Å². The predicted molar refractivity (Wildman–Crippen MR) is 242 cm³/mol. The van der Waals surface area contributed by atoms with Crippen LogP contribution in [0, 0.1) is 22.7 Å². The summed E-state index contributed by atoms with van der Waals surface area (Å²) in [6.45, 7) is 12.5. The summed E-state index contributed by atoms with van der Waals surface area (Å²) < 4.78 is 4.43. The summed E-state index contributed by atoms with van der Waals surface area (Å²) in [4.78, 5) is 28.6. The number of carbonyl (C=O) groups excluding carboxylic acids is 2. The molecule has 2 saturated carbocycles. The van der Waals surface area contributed by atoms with Crippen LogP contribution in [0.15, 0.2) is 85.5 Å². The van der Waals surface area contributed by atoms with Crippen LogP contribution in [0.1, 0.15) is 154 Å². The lowest BCUT2D eigenvalue weighted by Crippen LogP contribution is -2.38. The van der Waals surface area contributed by atoms with E-state index in [9.17, 15) is 9.59 Å². The second-order valence-electron chi connectivity index (χ2n) is 20.8. The number of nitrogens with one attached hydrogen (secondary N) is 1. The van der Waals surface area contributed by atoms with Crippen LogP contribution in [-0.2, 0) is 12.8 Å². The zero-order chi connectivity index (χ0) is 41.3. The van der Waals surface area contributed by atoms with Crippen LogP contribution in [0.5, 0.6) is 0 Å². The van der Waals surface area contributed by atoms with E-state index < -0.39 is 0 Å². The van der Waals surface area contributed by atoms with E-state index in [2.05, 4.69) is 109 Å². The van der Waals surface area contributed by atoms with Crippen molar-refractivity contribution in [3.8, 4) is 0 Å². The fourth-order valence-electron chi connectivity index (χ4n) is 11.7. The molecule has 6 aromatic rings. The van der Waals surface area contributed by atoms with Gasteiger partial charge in [-0.1, -0.05) is 71.0 Å². The number of aromatic nitrogens is 4. The minimum Gasteiger partial charge on any atom is -0.321 e. The first-order valence-electron chi connectivity index (χ1n) is 22.6. The van der Waals surface area contributed by atoms with Gasteiger partial charge in [0.15, 0.2) is 0 Å². The van der Waals surface area contributed by atoms with Gasteiger partial charge in [0.1, 0.15) is 0 Å². The Morgan fingerprint density at radius 2 is 1.18 bits per heavy atom. The van der Waals surface area contributed by atoms with Gasteiger partial charge in [0.05, 0.1) is 30.2 Å². The molecule has 2 amide bonds. The maximum absolute atomic E-state index is 14.1. The molecule has 2 aliphatic carbocycles. The van der Waals surface area contributed by atoms with Gasteiger partial charge in [-0.15, -0.1) is 0 Å². The minimum atomic E-state index is -0.0285. The summed E-state index contributed by atoms with van der Waals surface area (Å²) in [5.74, 6) is 1.57. The van der Waals surface area contributed by atoms with E-state index in [1.807, 2.05) is 30.5 Å². The molecule has 10 rings (SSSR count). The van der Waals surface area contributed by atoms with Crippen LogP contribution in [0.4, 0.5) is 11.4 Å². The highest BCUT2D eigenvalue weighted by atomic mass is 16.2. The Labute approximate surface area is 354 Å². The molecule has 8 nitrogen and oxygen atoms in total. The van der Waals surface area contributed by atoms with E-state index in [-0.39, 0.29) is 17.2 Å². The quantitative estimate of drug-likeness (QED) is 0.141. The van der Waals surface area contributed by atoms with E-state index in [1.54, 1.807) is 0 Å². The number of carbonyl (C=O) groups is 2. The molecule has 1 N–H and O–H groups in total. The van der Waals surface area contributed by atoms with Crippen molar-refractivity contribution in [2.45, 2.75) is 124 Å². The predicted octanol–water partition coefficient (Wildman–Crippen LogP) is 12.1. The number of nitrogens with zero attached hydrogens (tertiary/aromatic N) is 5. The highest BCUT2D eigenvalue weighted by molar-refractivity contribution is 6.26. The van der Waals surface area contributed by atoms with Crippen LogP contribution < -0.4 is 10.2 Å². The summed E-state index contributed by atoms with van der Waals surface area (Å²) in [7, 11) is 0. The first-order chi connectivity index (χ1) is 28.9. The summed E-state index contributed by atoms with van der Waals surface area (Å²) in [5.41, 5.74) is 8.85. The molecule has 8 heteroatoms. The van der Waals surface area contributed by atoms with Crippen LogP contribution in [0.25, 0.3) is 21.5 Å².